The van der Waals surface area contributed by atoms with E-state index in [-0.39, 0.29) is 11.1 Å². The van der Waals surface area contributed by atoms with Crippen LogP contribution in [0.15, 0.2) is 5.16 Å². The van der Waals surface area contributed by atoms with Crippen LogP contribution in [-0.2, 0) is 16.6 Å². The summed E-state index contributed by atoms with van der Waals surface area (Å²) in [5.74, 6) is 1.06. The smallest absolute Gasteiger partial charge is 0.273 e. The molecule has 0 radical (unpaired) electrons. The van der Waals surface area contributed by atoms with Gasteiger partial charge in [0.1, 0.15) is 5.82 Å². The number of hydrogen-bond donors (Lipinski definition) is 1. The van der Waals surface area contributed by atoms with E-state index in [4.69, 9.17) is 5.14 Å². The lowest BCUT2D eigenvalue weighted by Crippen LogP contribution is -2.21. The standard InChI is InChI=1S/C9H18N4O2S/c1-6(2)5-13-8(7(3)4)11-12-9(13)16(10,14)15/h6-7H,5H2,1-4H3,(H2,10,14,15). The highest BCUT2D eigenvalue weighted by molar-refractivity contribution is 7.89. The molecule has 0 bridgehead atoms. The van der Waals surface area contributed by atoms with Gasteiger partial charge in [0.05, 0.1) is 0 Å². The Hall–Kier alpha value is -0.950. The molecule has 0 spiro atoms. The second kappa shape index (κ2) is 4.50. The number of sulfonamides is 1. The summed E-state index contributed by atoms with van der Waals surface area (Å²) < 4.78 is 24.2. The average molecular weight is 246 g/mol. The minimum absolute atomic E-state index is 0.113. The summed E-state index contributed by atoms with van der Waals surface area (Å²) in [5.41, 5.74) is 0. The normalized spacial score (nSPS) is 12.7. The molecular weight excluding hydrogens is 228 g/mol. The molecule has 0 fully saturated rings. The summed E-state index contributed by atoms with van der Waals surface area (Å²) in [6.45, 7) is 8.42. The van der Waals surface area contributed by atoms with Gasteiger partial charge in [0.25, 0.3) is 15.2 Å². The number of nitrogens with zero attached hydrogens (tertiary/aromatic N) is 3. The molecule has 7 heteroatoms. The fourth-order valence-electron chi connectivity index (χ4n) is 1.47. The van der Waals surface area contributed by atoms with Crippen molar-refractivity contribution in [3.05, 3.63) is 5.82 Å². The highest BCUT2D eigenvalue weighted by Gasteiger charge is 2.22. The van der Waals surface area contributed by atoms with Gasteiger partial charge in [-0.05, 0) is 5.92 Å². The van der Waals surface area contributed by atoms with Gasteiger partial charge in [-0.25, -0.2) is 13.6 Å². The van der Waals surface area contributed by atoms with Crippen LogP contribution in [0, 0.1) is 5.92 Å². The van der Waals surface area contributed by atoms with E-state index in [1.54, 1.807) is 4.57 Å². The predicted octanol–water partition coefficient (Wildman–Crippen LogP) is 0.705. The third kappa shape index (κ3) is 2.79. The molecule has 0 saturated carbocycles. The Morgan fingerprint density at radius 1 is 1.25 bits per heavy atom. The van der Waals surface area contributed by atoms with Crippen molar-refractivity contribution in [2.75, 3.05) is 0 Å². The first-order valence-corrected chi connectivity index (χ1v) is 6.74. The Morgan fingerprint density at radius 2 is 1.81 bits per heavy atom. The second-order valence-electron chi connectivity index (χ2n) is 4.54. The first kappa shape index (κ1) is 13.1. The van der Waals surface area contributed by atoms with Gasteiger partial charge >= 0.3 is 0 Å². The van der Waals surface area contributed by atoms with E-state index in [2.05, 4.69) is 10.2 Å². The molecule has 16 heavy (non-hydrogen) atoms. The zero-order valence-electron chi connectivity index (χ0n) is 10.0. The number of primary sulfonamides is 1. The van der Waals surface area contributed by atoms with Gasteiger partial charge in [0, 0.05) is 12.5 Å². The molecule has 92 valence electrons. The predicted molar refractivity (Wildman–Crippen MR) is 60.3 cm³/mol. The van der Waals surface area contributed by atoms with Crippen molar-refractivity contribution in [3.8, 4) is 0 Å². The summed E-state index contributed by atoms with van der Waals surface area (Å²) >= 11 is 0. The van der Waals surface area contributed by atoms with Crippen LogP contribution in [0.2, 0.25) is 0 Å². The third-order valence-corrected chi connectivity index (χ3v) is 2.88. The molecule has 0 saturated heterocycles. The number of hydrogen-bond acceptors (Lipinski definition) is 4. The van der Waals surface area contributed by atoms with Crippen molar-refractivity contribution in [2.45, 2.75) is 45.3 Å². The Bertz CT molecular complexity index is 462. The van der Waals surface area contributed by atoms with Crippen LogP contribution in [-0.4, -0.2) is 23.2 Å². The topological polar surface area (TPSA) is 90.9 Å². The zero-order chi connectivity index (χ0) is 12.5. The Labute approximate surface area is 95.9 Å². The van der Waals surface area contributed by atoms with Crippen LogP contribution in [0.3, 0.4) is 0 Å². The highest BCUT2D eigenvalue weighted by atomic mass is 32.2. The number of aromatic nitrogens is 3. The van der Waals surface area contributed by atoms with Crippen molar-refractivity contribution >= 4 is 10.0 Å². The minimum Gasteiger partial charge on any atom is -0.300 e. The number of rotatable bonds is 4. The summed E-state index contributed by atoms with van der Waals surface area (Å²) in [5, 5.41) is 12.5. The molecule has 1 aromatic heterocycles. The highest BCUT2D eigenvalue weighted by Crippen LogP contribution is 2.17. The Morgan fingerprint density at radius 3 is 2.19 bits per heavy atom. The Kier molecular flexibility index (Phi) is 3.69. The average Bonchev–Trinajstić information content (AvgIpc) is 2.45. The van der Waals surface area contributed by atoms with E-state index in [1.807, 2.05) is 27.7 Å². The Balaban J connectivity index is 3.31. The maximum Gasteiger partial charge on any atom is 0.273 e. The lowest BCUT2D eigenvalue weighted by Gasteiger charge is -2.13. The molecule has 0 aliphatic heterocycles. The first-order valence-electron chi connectivity index (χ1n) is 5.19. The fourth-order valence-corrected chi connectivity index (χ4v) is 2.10. The van der Waals surface area contributed by atoms with Crippen molar-refractivity contribution in [2.24, 2.45) is 11.1 Å². The largest absolute Gasteiger partial charge is 0.300 e. The van der Waals surface area contributed by atoms with Gasteiger partial charge in [-0.2, -0.15) is 0 Å². The van der Waals surface area contributed by atoms with Crippen LogP contribution < -0.4 is 5.14 Å². The SMILES string of the molecule is CC(C)Cn1c(C(C)C)nnc1S(N)(=O)=O. The van der Waals surface area contributed by atoms with Crippen LogP contribution in [0.4, 0.5) is 0 Å². The van der Waals surface area contributed by atoms with Crippen molar-refractivity contribution in [1.82, 2.24) is 14.8 Å². The molecule has 0 unspecified atom stereocenters. The second-order valence-corrected chi connectivity index (χ2v) is 6.00. The minimum atomic E-state index is -3.80. The quantitative estimate of drug-likeness (QED) is 0.846. The lowest BCUT2D eigenvalue weighted by molar-refractivity contribution is 0.463. The molecule has 0 atom stereocenters. The van der Waals surface area contributed by atoms with Crippen molar-refractivity contribution in [3.63, 3.8) is 0 Å². The monoisotopic (exact) mass is 246 g/mol. The van der Waals surface area contributed by atoms with Gasteiger partial charge < -0.3 is 4.57 Å². The molecule has 0 aromatic carbocycles. The molecule has 0 amide bonds. The zero-order valence-corrected chi connectivity index (χ0v) is 10.8. The molecule has 0 aliphatic rings. The van der Waals surface area contributed by atoms with E-state index >= 15 is 0 Å². The summed E-state index contributed by atoms with van der Waals surface area (Å²) in [6, 6.07) is 0. The van der Waals surface area contributed by atoms with Gasteiger partial charge in [0.15, 0.2) is 0 Å². The molecule has 1 heterocycles. The van der Waals surface area contributed by atoms with Gasteiger partial charge in [-0.1, -0.05) is 27.7 Å². The summed E-state index contributed by atoms with van der Waals surface area (Å²) in [6.07, 6.45) is 0. The third-order valence-electron chi connectivity index (χ3n) is 2.06. The van der Waals surface area contributed by atoms with E-state index in [0.29, 0.717) is 18.3 Å². The molecule has 0 aliphatic carbocycles. The molecule has 2 N–H and O–H groups in total. The molecule has 6 nitrogen and oxygen atoms in total. The van der Waals surface area contributed by atoms with Gasteiger partial charge in [-0.3, -0.25) is 0 Å². The van der Waals surface area contributed by atoms with Gasteiger partial charge in [-0.15, -0.1) is 10.2 Å². The molecular formula is C9H18N4O2S. The summed E-state index contributed by atoms with van der Waals surface area (Å²) in [7, 11) is -3.80. The van der Waals surface area contributed by atoms with E-state index < -0.39 is 10.0 Å². The van der Waals surface area contributed by atoms with E-state index in [9.17, 15) is 8.42 Å². The number of nitrogens with two attached hydrogens (primary N) is 1. The maximum atomic E-state index is 11.3. The molecule has 1 rings (SSSR count). The van der Waals surface area contributed by atoms with Crippen LogP contribution in [0.5, 0.6) is 0 Å². The van der Waals surface area contributed by atoms with E-state index in [0.717, 1.165) is 0 Å². The van der Waals surface area contributed by atoms with E-state index in [1.165, 1.54) is 0 Å². The van der Waals surface area contributed by atoms with Crippen LogP contribution in [0.25, 0.3) is 0 Å². The maximum absolute atomic E-state index is 11.3. The lowest BCUT2D eigenvalue weighted by atomic mass is 10.2. The van der Waals surface area contributed by atoms with Crippen LogP contribution >= 0.6 is 0 Å². The molecule has 1 aromatic rings. The fraction of sp³-hybridized carbons (Fsp3) is 0.778. The first-order chi connectivity index (χ1) is 7.23. The van der Waals surface area contributed by atoms with Gasteiger partial charge in [0.2, 0.25) is 0 Å². The summed E-state index contributed by atoms with van der Waals surface area (Å²) in [4.78, 5) is 0. The van der Waals surface area contributed by atoms with Crippen molar-refractivity contribution in [1.29, 1.82) is 0 Å². The van der Waals surface area contributed by atoms with Crippen molar-refractivity contribution < 1.29 is 8.42 Å². The van der Waals surface area contributed by atoms with Crippen LogP contribution in [0.1, 0.15) is 39.4 Å².